The normalized spacial score (nSPS) is 19.7. The van der Waals surface area contributed by atoms with Crippen molar-refractivity contribution < 1.29 is 19.1 Å². The number of anilines is 1. The first-order valence-corrected chi connectivity index (χ1v) is 11.0. The smallest absolute Gasteiger partial charge is 0.412 e. The highest BCUT2D eigenvalue weighted by Crippen LogP contribution is 2.34. The highest BCUT2D eigenvalue weighted by Gasteiger charge is 2.38. The van der Waals surface area contributed by atoms with E-state index >= 15 is 0 Å². The van der Waals surface area contributed by atoms with Gasteiger partial charge in [0.05, 0.1) is 13.2 Å². The van der Waals surface area contributed by atoms with E-state index in [2.05, 4.69) is 15.5 Å². The molecule has 0 bridgehead atoms. The predicted molar refractivity (Wildman–Crippen MR) is 117 cm³/mol. The molecule has 1 saturated heterocycles. The molecule has 2 fully saturated rings. The molecule has 2 amide bonds. The molecule has 0 atom stereocenters. The van der Waals surface area contributed by atoms with E-state index < -0.39 is 11.7 Å². The molecule has 0 spiro atoms. The van der Waals surface area contributed by atoms with Gasteiger partial charge in [-0.05, 0) is 57.9 Å². The number of benzene rings is 1. The molecule has 0 aromatic heterocycles. The van der Waals surface area contributed by atoms with Crippen molar-refractivity contribution in [3.8, 4) is 0 Å². The van der Waals surface area contributed by atoms with Crippen LogP contribution in [-0.2, 0) is 9.47 Å². The van der Waals surface area contributed by atoms with Gasteiger partial charge >= 0.3 is 6.09 Å². The molecule has 7 heteroatoms. The Morgan fingerprint density at radius 2 is 1.70 bits per heavy atom. The van der Waals surface area contributed by atoms with Gasteiger partial charge in [-0.3, -0.25) is 15.0 Å². The van der Waals surface area contributed by atoms with Crippen molar-refractivity contribution in [2.75, 3.05) is 38.2 Å². The number of ether oxygens (including phenoxy) is 2. The number of hydrogen-bond acceptors (Lipinski definition) is 5. The Balaban J connectivity index is 1.57. The third-order valence-electron chi connectivity index (χ3n) is 5.84. The van der Waals surface area contributed by atoms with Crippen LogP contribution in [0.4, 0.5) is 10.5 Å². The lowest BCUT2D eigenvalue weighted by molar-refractivity contribution is -0.0361. The van der Waals surface area contributed by atoms with Gasteiger partial charge in [-0.25, -0.2) is 4.79 Å². The summed E-state index contributed by atoms with van der Waals surface area (Å²) in [6, 6.07) is 6.89. The Labute approximate surface area is 179 Å². The van der Waals surface area contributed by atoms with Crippen LogP contribution >= 0.6 is 0 Å². The van der Waals surface area contributed by atoms with Crippen molar-refractivity contribution >= 4 is 17.7 Å². The number of hydrogen-bond donors (Lipinski definition) is 2. The molecule has 1 heterocycles. The zero-order valence-electron chi connectivity index (χ0n) is 18.5. The minimum atomic E-state index is -0.556. The minimum Gasteiger partial charge on any atom is -0.444 e. The van der Waals surface area contributed by atoms with E-state index in [9.17, 15) is 9.59 Å². The van der Waals surface area contributed by atoms with Crippen LogP contribution in [-0.4, -0.2) is 60.9 Å². The van der Waals surface area contributed by atoms with Gasteiger partial charge in [0, 0.05) is 36.4 Å². The van der Waals surface area contributed by atoms with Crippen LogP contribution in [0.25, 0.3) is 0 Å². The first-order valence-electron chi connectivity index (χ1n) is 11.0. The van der Waals surface area contributed by atoms with Crippen molar-refractivity contribution in [1.29, 1.82) is 0 Å². The summed E-state index contributed by atoms with van der Waals surface area (Å²) >= 11 is 0. The topological polar surface area (TPSA) is 79.9 Å². The summed E-state index contributed by atoms with van der Waals surface area (Å²) in [6.45, 7) is 9.50. The number of morpholine rings is 1. The minimum absolute atomic E-state index is 0.0376. The van der Waals surface area contributed by atoms with Gasteiger partial charge < -0.3 is 14.8 Å². The second-order valence-corrected chi connectivity index (χ2v) is 9.27. The molecule has 2 N–H and O–H groups in total. The summed E-state index contributed by atoms with van der Waals surface area (Å²) in [5, 5.41) is 5.85. The molecule has 2 aliphatic rings. The standard InChI is InChI=1S/C23H35N3O4/c1-22(2,3)30-21(28)25-19-9-7-18(8-10-19)20(27)24-17-23(11-5-4-6-12-23)26-13-15-29-16-14-26/h7-10H,4-6,11-17H2,1-3H3,(H,24,27)(H,25,28). The van der Waals surface area contributed by atoms with Crippen molar-refractivity contribution in [3.05, 3.63) is 29.8 Å². The van der Waals surface area contributed by atoms with Crippen LogP contribution in [0.5, 0.6) is 0 Å². The van der Waals surface area contributed by atoms with E-state index in [-0.39, 0.29) is 11.4 Å². The highest BCUT2D eigenvalue weighted by atomic mass is 16.6. The second-order valence-electron chi connectivity index (χ2n) is 9.27. The molecule has 3 rings (SSSR count). The first kappa shape index (κ1) is 22.6. The Morgan fingerprint density at radius 3 is 2.30 bits per heavy atom. The van der Waals surface area contributed by atoms with E-state index in [4.69, 9.17) is 9.47 Å². The van der Waals surface area contributed by atoms with Crippen molar-refractivity contribution in [1.82, 2.24) is 10.2 Å². The van der Waals surface area contributed by atoms with Gasteiger partial charge in [0.2, 0.25) is 0 Å². The second kappa shape index (κ2) is 9.79. The molecular formula is C23H35N3O4. The quantitative estimate of drug-likeness (QED) is 0.762. The Hall–Kier alpha value is -2.12. The summed E-state index contributed by atoms with van der Waals surface area (Å²) in [5.41, 5.74) is 0.658. The van der Waals surface area contributed by atoms with Gasteiger partial charge in [-0.1, -0.05) is 19.3 Å². The number of rotatable bonds is 5. The van der Waals surface area contributed by atoms with Gasteiger partial charge in [-0.2, -0.15) is 0 Å². The van der Waals surface area contributed by atoms with Gasteiger partial charge in [0.1, 0.15) is 5.60 Å². The molecule has 30 heavy (non-hydrogen) atoms. The molecule has 1 aliphatic heterocycles. The van der Waals surface area contributed by atoms with Crippen LogP contribution in [0.3, 0.4) is 0 Å². The van der Waals surface area contributed by atoms with E-state index in [1.165, 1.54) is 19.3 Å². The SMILES string of the molecule is CC(C)(C)OC(=O)Nc1ccc(C(=O)NCC2(N3CCOCC3)CCCCC2)cc1. The molecule has 7 nitrogen and oxygen atoms in total. The summed E-state index contributed by atoms with van der Waals surface area (Å²) in [6.07, 6.45) is 5.41. The summed E-state index contributed by atoms with van der Waals surface area (Å²) in [7, 11) is 0. The van der Waals surface area contributed by atoms with Crippen LogP contribution in [0.15, 0.2) is 24.3 Å². The molecule has 1 aliphatic carbocycles. The Kier molecular flexibility index (Phi) is 7.36. The number of nitrogens with one attached hydrogen (secondary N) is 2. The largest absolute Gasteiger partial charge is 0.444 e. The zero-order valence-corrected chi connectivity index (χ0v) is 18.5. The molecule has 1 saturated carbocycles. The number of nitrogens with zero attached hydrogens (tertiary/aromatic N) is 1. The molecule has 1 aromatic carbocycles. The Morgan fingerprint density at radius 1 is 1.07 bits per heavy atom. The zero-order chi connectivity index (χ0) is 21.6. The number of amides is 2. The van der Waals surface area contributed by atoms with E-state index in [0.717, 1.165) is 39.1 Å². The lowest BCUT2D eigenvalue weighted by Gasteiger charge is -2.48. The summed E-state index contributed by atoms with van der Waals surface area (Å²) < 4.78 is 10.8. The Bertz CT molecular complexity index is 715. The van der Waals surface area contributed by atoms with Gasteiger partial charge in [0.25, 0.3) is 5.91 Å². The maximum absolute atomic E-state index is 12.8. The first-order chi connectivity index (χ1) is 14.3. The lowest BCUT2D eigenvalue weighted by Crippen LogP contribution is -2.59. The maximum Gasteiger partial charge on any atom is 0.412 e. The molecule has 1 aromatic rings. The van der Waals surface area contributed by atoms with Gasteiger partial charge in [-0.15, -0.1) is 0 Å². The van der Waals surface area contributed by atoms with E-state index in [1.807, 2.05) is 20.8 Å². The van der Waals surface area contributed by atoms with Crippen LogP contribution in [0.2, 0.25) is 0 Å². The fourth-order valence-corrected chi connectivity index (χ4v) is 4.33. The highest BCUT2D eigenvalue weighted by molar-refractivity contribution is 5.95. The van der Waals surface area contributed by atoms with Gasteiger partial charge in [0.15, 0.2) is 0 Å². The van der Waals surface area contributed by atoms with Crippen LogP contribution in [0.1, 0.15) is 63.2 Å². The van der Waals surface area contributed by atoms with E-state index in [1.54, 1.807) is 24.3 Å². The molecule has 0 unspecified atom stereocenters. The fourth-order valence-electron chi connectivity index (χ4n) is 4.33. The van der Waals surface area contributed by atoms with E-state index in [0.29, 0.717) is 17.8 Å². The lowest BCUT2D eigenvalue weighted by atomic mass is 9.79. The number of carbonyl (C=O) groups excluding carboxylic acids is 2. The monoisotopic (exact) mass is 417 g/mol. The summed E-state index contributed by atoms with van der Waals surface area (Å²) in [4.78, 5) is 27.2. The molecule has 0 radical (unpaired) electrons. The van der Waals surface area contributed by atoms with Crippen LogP contribution < -0.4 is 10.6 Å². The van der Waals surface area contributed by atoms with Crippen molar-refractivity contribution in [3.63, 3.8) is 0 Å². The third kappa shape index (κ3) is 6.19. The average molecular weight is 418 g/mol. The van der Waals surface area contributed by atoms with Crippen LogP contribution in [0, 0.1) is 0 Å². The molecular weight excluding hydrogens is 382 g/mol. The number of carbonyl (C=O) groups is 2. The molecule has 166 valence electrons. The average Bonchev–Trinajstić information content (AvgIpc) is 2.72. The van der Waals surface area contributed by atoms with Crippen molar-refractivity contribution in [2.45, 2.75) is 64.0 Å². The third-order valence-corrected chi connectivity index (χ3v) is 5.84. The summed E-state index contributed by atoms with van der Waals surface area (Å²) in [5.74, 6) is -0.0861. The maximum atomic E-state index is 12.8. The predicted octanol–water partition coefficient (Wildman–Crippen LogP) is 3.80. The fraction of sp³-hybridized carbons (Fsp3) is 0.652. The van der Waals surface area contributed by atoms with Crippen molar-refractivity contribution in [2.24, 2.45) is 0 Å².